The lowest BCUT2D eigenvalue weighted by molar-refractivity contribution is 0.0636. The van der Waals surface area contributed by atoms with Crippen LogP contribution in [0.25, 0.3) is 0 Å². The van der Waals surface area contributed by atoms with E-state index in [0.29, 0.717) is 24.9 Å². The Morgan fingerprint density at radius 1 is 1.12 bits per heavy atom. The van der Waals surface area contributed by atoms with Crippen molar-refractivity contribution in [1.29, 1.82) is 5.26 Å². The number of nitrogens with zero attached hydrogens (tertiary/aromatic N) is 2. The Morgan fingerprint density at radius 2 is 1.88 bits per heavy atom. The van der Waals surface area contributed by atoms with Crippen molar-refractivity contribution in [3.63, 3.8) is 0 Å². The van der Waals surface area contributed by atoms with E-state index in [0.717, 1.165) is 12.1 Å². The molecule has 0 aromatic heterocycles. The SMILES string of the molecule is N#Cc1ccccc1C(=O)N1CCC[C@H](C(=O)c2ccc(F)c(F)c2)C1. The van der Waals surface area contributed by atoms with Crippen molar-refractivity contribution in [1.82, 2.24) is 4.90 Å². The van der Waals surface area contributed by atoms with Gasteiger partial charge in [-0.25, -0.2) is 8.78 Å². The fourth-order valence-corrected chi connectivity index (χ4v) is 3.20. The number of ketones is 1. The summed E-state index contributed by atoms with van der Waals surface area (Å²) < 4.78 is 26.5. The molecule has 3 rings (SSSR count). The fraction of sp³-hybridized carbons (Fsp3) is 0.250. The molecular formula is C20H16F2N2O2. The highest BCUT2D eigenvalue weighted by Gasteiger charge is 2.30. The third-order valence-electron chi connectivity index (χ3n) is 4.56. The highest BCUT2D eigenvalue weighted by molar-refractivity contribution is 6.00. The summed E-state index contributed by atoms with van der Waals surface area (Å²) >= 11 is 0. The summed E-state index contributed by atoms with van der Waals surface area (Å²) in [7, 11) is 0. The van der Waals surface area contributed by atoms with Gasteiger partial charge >= 0.3 is 0 Å². The monoisotopic (exact) mass is 354 g/mol. The van der Waals surface area contributed by atoms with Crippen LogP contribution in [0.1, 0.15) is 39.1 Å². The van der Waals surface area contributed by atoms with Crippen LogP contribution in [0.3, 0.4) is 0 Å². The second-order valence-corrected chi connectivity index (χ2v) is 6.24. The summed E-state index contributed by atoms with van der Waals surface area (Å²) in [6.45, 7) is 0.677. The molecule has 0 saturated carbocycles. The molecule has 1 saturated heterocycles. The largest absolute Gasteiger partial charge is 0.338 e. The number of carbonyl (C=O) groups is 2. The average Bonchev–Trinajstić information content (AvgIpc) is 2.69. The average molecular weight is 354 g/mol. The Labute approximate surface area is 149 Å². The van der Waals surface area contributed by atoms with Gasteiger partial charge in [0.2, 0.25) is 0 Å². The summed E-state index contributed by atoms with van der Waals surface area (Å²) in [5.74, 6) is -3.16. The van der Waals surface area contributed by atoms with E-state index >= 15 is 0 Å². The van der Waals surface area contributed by atoms with Crippen LogP contribution in [0.15, 0.2) is 42.5 Å². The van der Waals surface area contributed by atoms with E-state index < -0.39 is 17.6 Å². The number of piperidine rings is 1. The van der Waals surface area contributed by atoms with Gasteiger partial charge in [0.15, 0.2) is 17.4 Å². The number of amides is 1. The van der Waals surface area contributed by atoms with Crippen LogP contribution >= 0.6 is 0 Å². The molecule has 26 heavy (non-hydrogen) atoms. The van der Waals surface area contributed by atoms with Crippen LogP contribution in [0.2, 0.25) is 0 Å². The molecule has 1 aliphatic rings. The van der Waals surface area contributed by atoms with Crippen LogP contribution in [-0.4, -0.2) is 29.7 Å². The van der Waals surface area contributed by atoms with Crippen molar-refractivity contribution in [3.8, 4) is 6.07 Å². The summed E-state index contributed by atoms with van der Waals surface area (Å²) in [5.41, 5.74) is 0.683. The molecule has 0 aliphatic carbocycles. The maximum absolute atomic E-state index is 13.4. The number of hydrogen-bond donors (Lipinski definition) is 0. The van der Waals surface area contributed by atoms with E-state index in [1.807, 2.05) is 6.07 Å². The molecule has 1 heterocycles. The second kappa shape index (κ2) is 7.44. The minimum atomic E-state index is -1.07. The first-order valence-corrected chi connectivity index (χ1v) is 8.29. The molecule has 6 heteroatoms. The number of nitriles is 1. The summed E-state index contributed by atoms with van der Waals surface area (Å²) in [4.78, 5) is 26.9. The first-order chi connectivity index (χ1) is 12.5. The number of hydrogen-bond acceptors (Lipinski definition) is 3. The first kappa shape index (κ1) is 17.7. The van der Waals surface area contributed by atoms with Crippen LogP contribution in [0, 0.1) is 28.9 Å². The molecule has 1 fully saturated rings. The Balaban J connectivity index is 1.78. The number of benzene rings is 2. The molecule has 1 aliphatic heterocycles. The van der Waals surface area contributed by atoms with E-state index in [2.05, 4.69) is 0 Å². The number of halogens is 2. The van der Waals surface area contributed by atoms with Gasteiger partial charge in [-0.3, -0.25) is 9.59 Å². The van der Waals surface area contributed by atoms with Crippen LogP contribution in [0.5, 0.6) is 0 Å². The Kier molecular flexibility index (Phi) is 5.08. The molecule has 0 bridgehead atoms. The molecule has 1 atom stereocenters. The minimum absolute atomic E-state index is 0.0978. The van der Waals surface area contributed by atoms with Crippen LogP contribution in [-0.2, 0) is 0 Å². The Hall–Kier alpha value is -3.07. The van der Waals surface area contributed by atoms with Gasteiger partial charge in [-0.05, 0) is 43.2 Å². The fourth-order valence-electron chi connectivity index (χ4n) is 3.20. The third-order valence-corrected chi connectivity index (χ3v) is 4.56. The van der Waals surface area contributed by atoms with Crippen molar-refractivity contribution in [2.24, 2.45) is 5.92 Å². The lowest BCUT2D eigenvalue weighted by Gasteiger charge is -2.32. The van der Waals surface area contributed by atoms with Gasteiger partial charge in [0.25, 0.3) is 5.91 Å². The van der Waals surface area contributed by atoms with Crippen molar-refractivity contribution >= 4 is 11.7 Å². The highest BCUT2D eigenvalue weighted by Crippen LogP contribution is 2.24. The molecule has 4 nitrogen and oxygen atoms in total. The summed E-state index contributed by atoms with van der Waals surface area (Å²) in [5, 5.41) is 9.16. The smallest absolute Gasteiger partial charge is 0.255 e. The van der Waals surface area contributed by atoms with Gasteiger partial charge in [0.05, 0.1) is 17.2 Å². The predicted octanol–water partition coefficient (Wildman–Crippen LogP) is 3.57. The highest BCUT2D eigenvalue weighted by atomic mass is 19.2. The molecule has 0 unspecified atom stereocenters. The van der Waals surface area contributed by atoms with Crippen molar-refractivity contribution in [3.05, 3.63) is 70.8 Å². The summed E-state index contributed by atoms with van der Waals surface area (Å²) in [6, 6.07) is 11.6. The van der Waals surface area contributed by atoms with Gasteiger partial charge in [-0.15, -0.1) is 0 Å². The van der Waals surface area contributed by atoms with E-state index in [9.17, 15) is 18.4 Å². The summed E-state index contributed by atoms with van der Waals surface area (Å²) in [6.07, 6.45) is 1.20. The third kappa shape index (κ3) is 3.47. The number of rotatable bonds is 3. The van der Waals surface area contributed by atoms with E-state index in [4.69, 9.17) is 5.26 Å². The molecule has 0 radical (unpaired) electrons. The minimum Gasteiger partial charge on any atom is -0.338 e. The number of carbonyl (C=O) groups excluding carboxylic acids is 2. The molecule has 2 aromatic carbocycles. The van der Waals surface area contributed by atoms with Crippen molar-refractivity contribution < 1.29 is 18.4 Å². The topological polar surface area (TPSA) is 61.2 Å². The van der Waals surface area contributed by atoms with E-state index in [1.54, 1.807) is 29.2 Å². The molecule has 0 spiro atoms. The lowest BCUT2D eigenvalue weighted by Crippen LogP contribution is -2.42. The van der Waals surface area contributed by atoms with E-state index in [1.165, 1.54) is 6.07 Å². The molecule has 2 aromatic rings. The maximum Gasteiger partial charge on any atom is 0.255 e. The van der Waals surface area contributed by atoms with Crippen LogP contribution < -0.4 is 0 Å². The molecule has 1 amide bonds. The lowest BCUT2D eigenvalue weighted by atomic mass is 9.89. The van der Waals surface area contributed by atoms with Gasteiger partial charge in [-0.2, -0.15) is 5.26 Å². The van der Waals surface area contributed by atoms with Crippen molar-refractivity contribution in [2.75, 3.05) is 13.1 Å². The molecule has 132 valence electrons. The predicted molar refractivity (Wildman–Crippen MR) is 90.5 cm³/mol. The molecular weight excluding hydrogens is 338 g/mol. The quantitative estimate of drug-likeness (QED) is 0.792. The first-order valence-electron chi connectivity index (χ1n) is 8.29. The Bertz CT molecular complexity index is 905. The van der Waals surface area contributed by atoms with E-state index in [-0.39, 0.29) is 29.4 Å². The number of likely N-dealkylation sites (tertiary alicyclic amines) is 1. The normalized spacial score (nSPS) is 16.8. The maximum atomic E-state index is 13.4. The van der Waals surface area contributed by atoms with Gasteiger partial charge in [0.1, 0.15) is 0 Å². The second-order valence-electron chi connectivity index (χ2n) is 6.24. The zero-order valence-electron chi connectivity index (χ0n) is 13.9. The van der Waals surface area contributed by atoms with Gasteiger partial charge in [0, 0.05) is 24.6 Å². The van der Waals surface area contributed by atoms with Crippen LogP contribution in [0.4, 0.5) is 8.78 Å². The molecule has 0 N–H and O–H groups in total. The van der Waals surface area contributed by atoms with Gasteiger partial charge < -0.3 is 4.90 Å². The van der Waals surface area contributed by atoms with Crippen molar-refractivity contribution in [2.45, 2.75) is 12.8 Å². The standard InChI is InChI=1S/C20H16F2N2O2/c21-17-8-7-13(10-18(17)22)19(25)15-5-3-9-24(12-15)20(26)16-6-2-1-4-14(16)11-23/h1-2,4,6-8,10,15H,3,5,9,12H2/t15-/m0/s1. The zero-order valence-corrected chi connectivity index (χ0v) is 13.9. The number of Topliss-reactive ketones (excluding diaryl/α,β-unsaturated/α-hetero) is 1. The zero-order chi connectivity index (χ0) is 18.7. The van der Waals surface area contributed by atoms with Gasteiger partial charge in [-0.1, -0.05) is 12.1 Å². The Morgan fingerprint density at radius 3 is 2.62 bits per heavy atom.